The molecule has 11 amide bonds. The summed E-state index contributed by atoms with van der Waals surface area (Å²) in [5.41, 5.74) is -0.723. The lowest BCUT2D eigenvalue weighted by molar-refractivity contribution is -0.171. The summed E-state index contributed by atoms with van der Waals surface area (Å²) in [5.74, 6) is -10.4. The molecule has 534 valence electrons. The molecule has 1 rings (SSSR count). The largest absolute Gasteiger partial charge is 0.390 e. The van der Waals surface area contributed by atoms with Crippen LogP contribution in [-0.2, 0) is 57.5 Å². The van der Waals surface area contributed by atoms with Gasteiger partial charge in [-0.15, -0.1) is 0 Å². The van der Waals surface area contributed by atoms with Gasteiger partial charge in [0.2, 0.25) is 65.3 Å². The number of nitrogens with one attached hydrogen (secondary N) is 4. The summed E-state index contributed by atoms with van der Waals surface area (Å²) >= 11 is 0. The van der Waals surface area contributed by atoms with Gasteiger partial charge in [-0.25, -0.2) is 0 Å². The van der Waals surface area contributed by atoms with Gasteiger partial charge in [-0.3, -0.25) is 52.7 Å². The lowest BCUT2D eigenvalue weighted by Gasteiger charge is -2.42. The van der Waals surface area contributed by atoms with Gasteiger partial charge in [0.15, 0.2) is 0 Å². The predicted octanol–water partition coefficient (Wildman–Crippen LogP) is 3.95. The van der Waals surface area contributed by atoms with Gasteiger partial charge < -0.3 is 70.3 Å². The predicted molar refractivity (Wildman–Crippen MR) is 361 cm³/mol. The van der Waals surface area contributed by atoms with Gasteiger partial charge in [-0.2, -0.15) is 0 Å². The van der Waals surface area contributed by atoms with E-state index in [2.05, 4.69) is 21.3 Å². The van der Waals surface area contributed by atoms with Crippen molar-refractivity contribution in [2.24, 2.45) is 41.4 Å². The van der Waals surface area contributed by atoms with E-state index in [1.165, 1.54) is 87.7 Å². The zero-order valence-corrected chi connectivity index (χ0v) is 62.0. The molecule has 0 aromatic rings. The maximum absolute atomic E-state index is 15.4. The second-order valence-electron chi connectivity index (χ2n) is 29.2. The average Bonchev–Trinajstić information content (AvgIpc) is 0.821. The number of hydrogen-bond donors (Lipinski definition) is 5. The molecule has 1 aliphatic rings. The van der Waals surface area contributed by atoms with Crippen molar-refractivity contribution in [3.8, 4) is 0 Å². The van der Waals surface area contributed by atoms with E-state index in [0.717, 1.165) is 9.80 Å². The van der Waals surface area contributed by atoms with Crippen molar-refractivity contribution < 1.29 is 62.6 Å². The van der Waals surface area contributed by atoms with Crippen LogP contribution in [0.25, 0.3) is 0 Å². The highest BCUT2D eigenvalue weighted by Gasteiger charge is 2.47. The zero-order valence-electron chi connectivity index (χ0n) is 62.0. The summed E-state index contributed by atoms with van der Waals surface area (Å²) in [6.07, 6.45) is 1.06. The molecule has 0 aromatic carbocycles. The number of ether oxygens (including phenoxy) is 1. The Morgan fingerprint density at radius 1 is 0.484 bits per heavy atom. The van der Waals surface area contributed by atoms with Gasteiger partial charge in [0.1, 0.15) is 60.4 Å². The Morgan fingerprint density at radius 2 is 0.892 bits per heavy atom. The van der Waals surface area contributed by atoms with Crippen LogP contribution in [0.1, 0.15) is 170 Å². The summed E-state index contributed by atoms with van der Waals surface area (Å²) in [5, 5.41) is 23.4. The van der Waals surface area contributed by atoms with E-state index in [1.54, 1.807) is 60.6 Å². The van der Waals surface area contributed by atoms with Crippen molar-refractivity contribution in [3.05, 3.63) is 12.2 Å². The smallest absolute Gasteiger partial charge is 0.273 e. The lowest BCUT2D eigenvalue weighted by atomic mass is 9.91. The van der Waals surface area contributed by atoms with Crippen LogP contribution in [0.5, 0.6) is 0 Å². The molecule has 0 radical (unpaired) electrons. The molecule has 0 aliphatic carbocycles. The Kier molecular flexibility index (Phi) is 34.4. The van der Waals surface area contributed by atoms with Crippen molar-refractivity contribution in [2.75, 3.05) is 70.0 Å². The molecule has 0 bridgehead atoms. The van der Waals surface area contributed by atoms with Crippen LogP contribution in [0.3, 0.4) is 0 Å². The molecular formula is C68H124N12O13. The van der Waals surface area contributed by atoms with Crippen LogP contribution in [0.2, 0.25) is 0 Å². The summed E-state index contributed by atoms with van der Waals surface area (Å²) < 4.78 is 6.45. The van der Waals surface area contributed by atoms with Crippen LogP contribution >= 0.6 is 0 Å². The Morgan fingerprint density at radius 3 is 1.32 bits per heavy atom. The molecule has 1 fully saturated rings. The molecule has 1 heterocycles. The Labute approximate surface area is 557 Å². The van der Waals surface area contributed by atoms with Crippen LogP contribution in [-0.4, -0.2) is 258 Å². The van der Waals surface area contributed by atoms with Crippen LogP contribution in [0.4, 0.5) is 0 Å². The first-order valence-corrected chi connectivity index (χ1v) is 33.4. The number of aliphatic hydroxyl groups excluding tert-OH is 1. The molecule has 13 atom stereocenters. The number of nitrogens with zero attached hydrogens (tertiary/aromatic N) is 8. The third kappa shape index (κ3) is 23.6. The highest BCUT2D eigenvalue weighted by molar-refractivity contribution is 6.00. The van der Waals surface area contributed by atoms with Crippen LogP contribution < -0.4 is 21.3 Å². The van der Waals surface area contributed by atoms with Crippen molar-refractivity contribution in [2.45, 2.75) is 248 Å². The van der Waals surface area contributed by atoms with Gasteiger partial charge in [-0.1, -0.05) is 109 Å². The Hall–Kier alpha value is -6.21. The van der Waals surface area contributed by atoms with E-state index in [9.17, 15) is 29.1 Å². The minimum Gasteiger partial charge on any atom is -0.390 e. The summed E-state index contributed by atoms with van der Waals surface area (Å²) in [7, 11) is 13.5. The Bertz CT molecular complexity index is 2560. The summed E-state index contributed by atoms with van der Waals surface area (Å²) in [4.78, 5) is 174. The third-order valence-electron chi connectivity index (χ3n) is 18.0. The molecule has 0 spiro atoms. The van der Waals surface area contributed by atoms with Gasteiger partial charge in [0, 0.05) is 54.9 Å². The topological polar surface area (TPSA) is 291 Å². The fourth-order valence-electron chi connectivity index (χ4n) is 11.3. The van der Waals surface area contributed by atoms with E-state index in [1.807, 2.05) is 88.2 Å². The SMILES string of the molecule is C/C=C/C[C@@H](C)[C@@H](O)C1C(=O)N[C@@H](CC)C(=O)N(C)[C@H](OCC(C)(C)N(C)C)C(=O)N(C)[C@@H](CC(C)C)C(=O)N[C@@H](C(C)C)C(=O)N(C)[C@@H](CC(C)C)C(=O)N[C@@H](C)C(=O)N[C@H](C)C(=O)N(C)[C@@H](CC(C)C)C(=O)N(C)[C@@H](CC(C)C)C(=O)N(C)[C@@H](C(C)C)C(=O)N1C. The maximum atomic E-state index is 15.4. The first-order valence-electron chi connectivity index (χ1n) is 33.4. The molecule has 93 heavy (non-hydrogen) atoms. The molecule has 0 saturated carbocycles. The molecule has 1 unspecified atom stereocenters. The van der Waals surface area contributed by atoms with Crippen LogP contribution in [0, 0.1) is 41.4 Å². The number of likely N-dealkylation sites (N-methyl/N-ethyl adjacent to an activating group) is 8. The van der Waals surface area contributed by atoms with E-state index in [0.29, 0.717) is 0 Å². The minimum atomic E-state index is -1.71. The fraction of sp³-hybridized carbons (Fsp3) is 0.809. The number of amides is 11. The third-order valence-corrected chi connectivity index (χ3v) is 18.0. The highest BCUT2D eigenvalue weighted by Crippen LogP contribution is 2.27. The fourth-order valence-corrected chi connectivity index (χ4v) is 11.3. The minimum absolute atomic E-state index is 0.0506. The number of carbonyl (C=O) groups is 11. The molecule has 1 saturated heterocycles. The number of hydrogen-bond acceptors (Lipinski definition) is 14. The van der Waals surface area contributed by atoms with Gasteiger partial charge >= 0.3 is 0 Å². The van der Waals surface area contributed by atoms with E-state index >= 15 is 28.8 Å². The van der Waals surface area contributed by atoms with Gasteiger partial charge in [0.25, 0.3) is 5.91 Å². The molecule has 25 nitrogen and oxygen atoms in total. The van der Waals surface area contributed by atoms with E-state index in [-0.39, 0.29) is 68.8 Å². The van der Waals surface area contributed by atoms with E-state index < -0.39 is 161 Å². The van der Waals surface area contributed by atoms with Gasteiger partial charge in [0.05, 0.1) is 12.7 Å². The average molecular weight is 1320 g/mol. The van der Waals surface area contributed by atoms with Crippen LogP contribution in [0.15, 0.2) is 12.2 Å². The van der Waals surface area contributed by atoms with Crippen molar-refractivity contribution in [3.63, 3.8) is 0 Å². The molecule has 5 N–H and O–H groups in total. The lowest BCUT2D eigenvalue weighted by Crippen LogP contribution is -2.64. The first-order chi connectivity index (χ1) is 42.8. The van der Waals surface area contributed by atoms with E-state index in [4.69, 9.17) is 4.74 Å². The summed E-state index contributed by atoms with van der Waals surface area (Å²) in [6, 6.07) is -12.8. The number of rotatable bonds is 19. The van der Waals surface area contributed by atoms with Crippen molar-refractivity contribution in [1.82, 2.24) is 60.5 Å². The molecule has 25 heteroatoms. The normalized spacial score (nSPS) is 26.7. The zero-order chi connectivity index (χ0) is 72.3. The van der Waals surface area contributed by atoms with Crippen molar-refractivity contribution in [1.29, 1.82) is 0 Å². The standard InChI is InChI=1S/C68H124N12O13/c1-29-31-32-44(15)55(81)54-59(85)71-47(30-2)61(87)80(28)67(93-37-68(18,19)73(20)21)66(92)75(23)49(34-39(5)6)58(84)72-52(42(11)12)64(90)74(22)48(33-38(3)4)57(83)69-45(16)56(82)70-46(17)60(86)76(24)50(35-40(7)8)62(88)77(25)51(36-41(9)10)63(89)78(26)53(43(13)14)65(91)79(54)27/h29,31,38-55,67,81H,30,32-37H2,1-28H3,(H,69,83)(H,70,82)(H,71,85)(H,72,84)/b31-29+/t44-,45+,46-,47+,48+,49+,50+,51+,52+,53+,54?,55-,67-/m1/s1. The second kappa shape index (κ2) is 37.8. The summed E-state index contributed by atoms with van der Waals surface area (Å²) in [6.45, 7) is 33.4. The number of aliphatic hydroxyl groups is 1. The second-order valence-corrected chi connectivity index (χ2v) is 29.2. The first kappa shape index (κ1) is 84.8. The number of allylic oxidation sites excluding steroid dienone is 2. The molecule has 1 aliphatic heterocycles. The van der Waals surface area contributed by atoms with Crippen molar-refractivity contribution >= 4 is 65.0 Å². The molecule has 0 aromatic heterocycles. The molecular weight excluding hydrogens is 1190 g/mol. The quantitative estimate of drug-likeness (QED) is 0.115. The van der Waals surface area contributed by atoms with Gasteiger partial charge in [-0.05, 0) is 129 Å². The highest BCUT2D eigenvalue weighted by atomic mass is 16.5. The number of carbonyl (C=O) groups excluding carboxylic acids is 11. The Balaban J connectivity index is 4.58. The monoisotopic (exact) mass is 1320 g/mol. The maximum Gasteiger partial charge on any atom is 0.273 e.